The van der Waals surface area contributed by atoms with Gasteiger partial charge >= 0.3 is 0 Å². The third-order valence-electron chi connectivity index (χ3n) is 1.92. The van der Waals surface area contributed by atoms with Crippen LogP contribution in [0.2, 0.25) is 0 Å². The molecule has 1 aromatic carbocycles. The Labute approximate surface area is 87.9 Å². The first-order chi connectivity index (χ1) is 6.09. The largest absolute Gasteiger partial charge is 0.382 e. The predicted molar refractivity (Wildman–Crippen MR) is 57.8 cm³/mol. The van der Waals surface area contributed by atoms with E-state index in [1.54, 1.807) is 17.8 Å². The molecule has 0 spiro atoms. The maximum Gasteiger partial charge on any atom is 0.153 e. The van der Waals surface area contributed by atoms with Crippen LogP contribution in [-0.4, -0.2) is 9.78 Å². The molecule has 0 bridgehead atoms. The first kappa shape index (κ1) is 8.74. The molecule has 2 aromatic rings. The number of benzene rings is 1. The van der Waals surface area contributed by atoms with Gasteiger partial charge < -0.3 is 5.73 Å². The lowest BCUT2D eigenvalue weighted by Crippen LogP contribution is -1.91. The van der Waals surface area contributed by atoms with E-state index in [9.17, 15) is 4.39 Å². The second kappa shape index (κ2) is 2.83. The smallest absolute Gasteiger partial charge is 0.153 e. The van der Waals surface area contributed by atoms with E-state index in [0.29, 0.717) is 14.8 Å². The molecule has 0 fully saturated rings. The van der Waals surface area contributed by atoms with Gasteiger partial charge in [-0.3, -0.25) is 4.68 Å². The molecule has 0 aliphatic rings. The lowest BCUT2D eigenvalue weighted by Gasteiger charge is -1.96. The van der Waals surface area contributed by atoms with Crippen LogP contribution in [-0.2, 0) is 7.05 Å². The summed E-state index contributed by atoms with van der Waals surface area (Å²) >= 11 is 1.94. The van der Waals surface area contributed by atoms with Crippen molar-refractivity contribution in [2.75, 3.05) is 5.73 Å². The van der Waals surface area contributed by atoms with Crippen molar-refractivity contribution in [2.24, 2.45) is 7.05 Å². The third-order valence-corrected chi connectivity index (χ3v) is 2.75. The minimum Gasteiger partial charge on any atom is -0.382 e. The topological polar surface area (TPSA) is 43.8 Å². The number of nitrogens with two attached hydrogens (primary N) is 1. The fraction of sp³-hybridized carbons (Fsp3) is 0.125. The number of aryl methyl sites for hydroxylation is 1. The number of nitrogen functional groups attached to an aromatic ring is 1. The molecule has 0 amide bonds. The van der Waals surface area contributed by atoms with Gasteiger partial charge in [-0.1, -0.05) is 0 Å². The van der Waals surface area contributed by atoms with Crippen LogP contribution >= 0.6 is 22.6 Å². The zero-order valence-corrected chi connectivity index (χ0v) is 9.04. The zero-order valence-electron chi connectivity index (χ0n) is 6.88. The second-order valence-corrected chi connectivity index (χ2v) is 3.95. The number of nitrogens with zero attached hydrogens (tertiary/aromatic N) is 2. The van der Waals surface area contributed by atoms with Crippen molar-refractivity contribution in [2.45, 2.75) is 0 Å². The number of halogens is 2. The van der Waals surface area contributed by atoms with Gasteiger partial charge in [-0.2, -0.15) is 5.10 Å². The number of rotatable bonds is 0. The molecule has 0 radical (unpaired) electrons. The zero-order chi connectivity index (χ0) is 9.59. The van der Waals surface area contributed by atoms with Crippen LogP contribution in [0.15, 0.2) is 12.1 Å². The Morgan fingerprint density at radius 3 is 2.92 bits per heavy atom. The minimum absolute atomic E-state index is 0.257. The Balaban J connectivity index is 2.91. The van der Waals surface area contributed by atoms with Crippen LogP contribution in [0.25, 0.3) is 10.9 Å². The van der Waals surface area contributed by atoms with E-state index < -0.39 is 0 Å². The molecule has 2 rings (SSSR count). The fourth-order valence-corrected chi connectivity index (χ4v) is 1.73. The van der Waals surface area contributed by atoms with Crippen molar-refractivity contribution in [3.05, 3.63) is 21.5 Å². The molecule has 5 heteroatoms. The molecule has 1 heterocycles. The van der Waals surface area contributed by atoms with Gasteiger partial charge in [-0.15, -0.1) is 0 Å². The van der Waals surface area contributed by atoms with Crippen molar-refractivity contribution in [1.29, 1.82) is 0 Å². The number of aromatic nitrogens is 2. The molecule has 1 aromatic heterocycles. The molecule has 0 unspecified atom stereocenters. The lowest BCUT2D eigenvalue weighted by molar-refractivity contribution is 0.622. The lowest BCUT2D eigenvalue weighted by atomic mass is 10.2. The van der Waals surface area contributed by atoms with Crippen LogP contribution in [0.3, 0.4) is 0 Å². The van der Waals surface area contributed by atoms with E-state index in [-0.39, 0.29) is 5.82 Å². The third kappa shape index (κ3) is 1.27. The van der Waals surface area contributed by atoms with Crippen LogP contribution in [0.4, 0.5) is 10.2 Å². The Morgan fingerprint density at radius 1 is 1.54 bits per heavy atom. The average molecular weight is 291 g/mol. The van der Waals surface area contributed by atoms with E-state index in [4.69, 9.17) is 5.73 Å². The Hall–Kier alpha value is -0.850. The SMILES string of the molecule is Cn1nc(N)c2cc(F)c(I)cc21. The van der Waals surface area contributed by atoms with Crippen molar-refractivity contribution in [3.63, 3.8) is 0 Å². The molecule has 0 aliphatic carbocycles. The summed E-state index contributed by atoms with van der Waals surface area (Å²) in [7, 11) is 1.78. The Bertz CT molecular complexity index is 436. The van der Waals surface area contributed by atoms with Crippen LogP contribution in [0.5, 0.6) is 0 Å². The van der Waals surface area contributed by atoms with Crippen LogP contribution in [0.1, 0.15) is 0 Å². The summed E-state index contributed by atoms with van der Waals surface area (Å²) in [5, 5.41) is 4.66. The van der Waals surface area contributed by atoms with Gasteiger partial charge in [0.1, 0.15) is 5.82 Å². The summed E-state index contributed by atoms with van der Waals surface area (Å²) in [6, 6.07) is 3.15. The van der Waals surface area contributed by atoms with Gasteiger partial charge in [-0.25, -0.2) is 4.39 Å². The molecule has 13 heavy (non-hydrogen) atoms. The summed E-state index contributed by atoms with van der Waals surface area (Å²) in [5.74, 6) is 0.112. The van der Waals surface area contributed by atoms with E-state index in [1.807, 2.05) is 22.6 Å². The van der Waals surface area contributed by atoms with Crippen LogP contribution < -0.4 is 5.73 Å². The van der Waals surface area contributed by atoms with Gasteiger partial charge in [0.15, 0.2) is 5.82 Å². The van der Waals surface area contributed by atoms with Crippen molar-refractivity contribution in [3.8, 4) is 0 Å². The molecular weight excluding hydrogens is 284 g/mol. The van der Waals surface area contributed by atoms with E-state index in [0.717, 1.165) is 5.52 Å². The van der Waals surface area contributed by atoms with E-state index >= 15 is 0 Å². The molecule has 3 nitrogen and oxygen atoms in total. The highest BCUT2D eigenvalue weighted by atomic mass is 127. The highest BCUT2D eigenvalue weighted by Crippen LogP contribution is 2.24. The maximum absolute atomic E-state index is 13.1. The van der Waals surface area contributed by atoms with Crippen molar-refractivity contribution in [1.82, 2.24) is 9.78 Å². The molecule has 0 saturated carbocycles. The predicted octanol–water partition coefficient (Wildman–Crippen LogP) is 1.90. The monoisotopic (exact) mass is 291 g/mol. The van der Waals surface area contributed by atoms with Gasteiger partial charge in [0.25, 0.3) is 0 Å². The van der Waals surface area contributed by atoms with E-state index in [2.05, 4.69) is 5.10 Å². The Kier molecular flexibility index (Phi) is 1.90. The van der Waals surface area contributed by atoms with E-state index in [1.165, 1.54) is 6.07 Å². The number of hydrogen-bond donors (Lipinski definition) is 1. The summed E-state index contributed by atoms with van der Waals surface area (Å²) in [4.78, 5) is 0. The first-order valence-corrected chi connectivity index (χ1v) is 4.74. The standard InChI is InChI=1S/C8H7FIN3/c1-13-7-3-6(10)5(9)2-4(7)8(11)12-13/h2-3H,1H3,(H2,11,12). The molecule has 68 valence electrons. The van der Waals surface area contributed by atoms with Gasteiger partial charge in [0.05, 0.1) is 9.09 Å². The van der Waals surface area contributed by atoms with Crippen molar-refractivity contribution < 1.29 is 4.39 Å². The highest BCUT2D eigenvalue weighted by molar-refractivity contribution is 14.1. The highest BCUT2D eigenvalue weighted by Gasteiger charge is 2.08. The number of anilines is 1. The number of fused-ring (bicyclic) bond motifs is 1. The molecule has 2 N–H and O–H groups in total. The minimum atomic E-state index is -0.257. The van der Waals surface area contributed by atoms with Gasteiger partial charge in [0, 0.05) is 12.4 Å². The molecule has 0 saturated heterocycles. The van der Waals surface area contributed by atoms with Crippen molar-refractivity contribution >= 4 is 39.3 Å². The summed E-state index contributed by atoms with van der Waals surface area (Å²) in [6.45, 7) is 0. The van der Waals surface area contributed by atoms with Crippen LogP contribution in [0, 0.1) is 9.39 Å². The molecule has 0 atom stereocenters. The summed E-state index contributed by atoms with van der Waals surface area (Å²) in [5.41, 5.74) is 6.45. The molecular formula is C8H7FIN3. The molecule has 0 aliphatic heterocycles. The fourth-order valence-electron chi connectivity index (χ4n) is 1.28. The normalized spacial score (nSPS) is 11.0. The second-order valence-electron chi connectivity index (χ2n) is 2.79. The van der Waals surface area contributed by atoms with Gasteiger partial charge in [0.2, 0.25) is 0 Å². The number of hydrogen-bond acceptors (Lipinski definition) is 2. The first-order valence-electron chi connectivity index (χ1n) is 3.67. The summed E-state index contributed by atoms with van der Waals surface area (Å²) in [6.07, 6.45) is 0. The average Bonchev–Trinajstić information content (AvgIpc) is 2.31. The maximum atomic E-state index is 13.1. The van der Waals surface area contributed by atoms with Gasteiger partial charge in [-0.05, 0) is 34.7 Å². The quantitative estimate of drug-likeness (QED) is 0.753. The Morgan fingerprint density at radius 2 is 2.23 bits per heavy atom. The summed E-state index contributed by atoms with van der Waals surface area (Å²) < 4.78 is 15.4.